The van der Waals surface area contributed by atoms with Gasteiger partial charge in [-0.3, -0.25) is 14.4 Å². The van der Waals surface area contributed by atoms with Crippen LogP contribution < -0.4 is 0 Å². The molecular weight excluding hydrogens is 1010 g/mol. The van der Waals surface area contributed by atoms with E-state index in [1.165, 1.54) is 70.6 Å². The maximum absolute atomic E-state index is 12.9. The fraction of sp³-hybridized carbons (Fsp3) is 0.618. The van der Waals surface area contributed by atoms with Gasteiger partial charge < -0.3 is 14.2 Å². The first-order valence-electron chi connectivity index (χ1n) is 33.5. The summed E-state index contributed by atoms with van der Waals surface area (Å²) >= 11 is 0. The Morgan fingerprint density at radius 1 is 0.256 bits per heavy atom. The second-order valence-corrected chi connectivity index (χ2v) is 21.6. The lowest BCUT2D eigenvalue weighted by Crippen LogP contribution is -2.30. The summed E-state index contributed by atoms with van der Waals surface area (Å²) in [5.41, 5.74) is 0. The summed E-state index contributed by atoms with van der Waals surface area (Å²) in [4.78, 5) is 38.4. The molecule has 6 heteroatoms. The van der Waals surface area contributed by atoms with Crippen molar-refractivity contribution in [2.45, 2.75) is 290 Å². The number of allylic oxidation sites excluding steroid dienone is 26. The van der Waals surface area contributed by atoms with Crippen LogP contribution in [0, 0.1) is 0 Å². The first-order chi connectivity index (χ1) is 40.5. The van der Waals surface area contributed by atoms with Crippen molar-refractivity contribution in [3.05, 3.63) is 158 Å². The number of esters is 3. The van der Waals surface area contributed by atoms with E-state index in [1.54, 1.807) is 0 Å². The predicted octanol–water partition coefficient (Wildman–Crippen LogP) is 23.3. The molecule has 0 aromatic heterocycles. The Morgan fingerprint density at radius 3 is 0.756 bits per heavy atom. The average molecular weight is 1130 g/mol. The van der Waals surface area contributed by atoms with Crippen LogP contribution in [0.25, 0.3) is 0 Å². The molecule has 0 aliphatic rings. The van der Waals surface area contributed by atoms with Gasteiger partial charge in [-0.1, -0.05) is 275 Å². The molecule has 462 valence electrons. The first kappa shape index (κ1) is 77.0. The van der Waals surface area contributed by atoms with Gasteiger partial charge in [0.15, 0.2) is 6.10 Å². The van der Waals surface area contributed by atoms with Gasteiger partial charge in [0.05, 0.1) is 0 Å². The van der Waals surface area contributed by atoms with Crippen LogP contribution in [0.4, 0.5) is 0 Å². The highest BCUT2D eigenvalue weighted by Gasteiger charge is 2.19. The Labute approximate surface area is 505 Å². The second kappa shape index (κ2) is 68.5. The summed E-state index contributed by atoms with van der Waals surface area (Å²) in [6.45, 7) is 6.38. The molecular formula is C76H122O6. The van der Waals surface area contributed by atoms with Crippen LogP contribution in [0.2, 0.25) is 0 Å². The van der Waals surface area contributed by atoms with Crippen molar-refractivity contribution < 1.29 is 28.6 Å². The van der Waals surface area contributed by atoms with Gasteiger partial charge in [-0.2, -0.15) is 0 Å². The third-order valence-corrected chi connectivity index (χ3v) is 13.7. The van der Waals surface area contributed by atoms with Gasteiger partial charge in [0.1, 0.15) is 13.2 Å². The van der Waals surface area contributed by atoms with Crippen molar-refractivity contribution in [1.29, 1.82) is 0 Å². The minimum atomic E-state index is -0.804. The van der Waals surface area contributed by atoms with Crippen molar-refractivity contribution in [2.24, 2.45) is 0 Å². The first-order valence-corrected chi connectivity index (χ1v) is 33.5. The fourth-order valence-electron chi connectivity index (χ4n) is 8.80. The van der Waals surface area contributed by atoms with Crippen LogP contribution >= 0.6 is 0 Å². The van der Waals surface area contributed by atoms with E-state index in [0.717, 1.165) is 173 Å². The second-order valence-electron chi connectivity index (χ2n) is 21.6. The topological polar surface area (TPSA) is 78.9 Å². The van der Waals surface area contributed by atoms with Crippen LogP contribution in [-0.4, -0.2) is 37.2 Å². The Bertz CT molecular complexity index is 1830. The van der Waals surface area contributed by atoms with Gasteiger partial charge in [-0.05, 0) is 148 Å². The summed E-state index contributed by atoms with van der Waals surface area (Å²) in [7, 11) is 0. The SMILES string of the molecule is CC/C=C\C/C=C\C/C=C\C/C=C\C/C=C\C/C=C\C/C=C\C/C=C\CCCCCCCCC(=O)OCC(COC(=O)CCCCCCC/C=C\CCCCCCC)OC(=O)CCCCCCCC/C=C\C/C=C\C/C=C\C/C=C\CC. The lowest BCUT2D eigenvalue weighted by molar-refractivity contribution is -0.167. The van der Waals surface area contributed by atoms with Crippen molar-refractivity contribution in [1.82, 2.24) is 0 Å². The van der Waals surface area contributed by atoms with Gasteiger partial charge in [-0.25, -0.2) is 0 Å². The molecule has 0 spiro atoms. The van der Waals surface area contributed by atoms with Gasteiger partial charge in [0, 0.05) is 19.3 Å². The third-order valence-electron chi connectivity index (χ3n) is 13.7. The van der Waals surface area contributed by atoms with E-state index in [-0.39, 0.29) is 31.1 Å². The number of carbonyl (C=O) groups is 3. The summed E-state index contributed by atoms with van der Waals surface area (Å²) in [6.07, 6.45) is 99.6. The smallest absolute Gasteiger partial charge is 0.306 e. The summed E-state index contributed by atoms with van der Waals surface area (Å²) in [5.74, 6) is -0.935. The normalized spacial score (nSPS) is 13.2. The molecule has 1 atom stereocenters. The lowest BCUT2D eigenvalue weighted by Gasteiger charge is -2.18. The minimum absolute atomic E-state index is 0.0982. The van der Waals surface area contributed by atoms with Crippen LogP contribution in [0.3, 0.4) is 0 Å². The number of carbonyl (C=O) groups excluding carboxylic acids is 3. The molecule has 0 rings (SSSR count). The zero-order valence-corrected chi connectivity index (χ0v) is 52.9. The number of ether oxygens (including phenoxy) is 3. The van der Waals surface area contributed by atoms with E-state index in [2.05, 4.69) is 179 Å². The Morgan fingerprint density at radius 2 is 0.476 bits per heavy atom. The highest BCUT2D eigenvalue weighted by atomic mass is 16.6. The molecule has 0 bridgehead atoms. The monoisotopic (exact) mass is 1130 g/mol. The van der Waals surface area contributed by atoms with Crippen molar-refractivity contribution >= 4 is 17.9 Å². The van der Waals surface area contributed by atoms with Crippen LogP contribution in [0.5, 0.6) is 0 Å². The molecule has 0 heterocycles. The molecule has 0 radical (unpaired) electrons. The van der Waals surface area contributed by atoms with Gasteiger partial charge in [0.25, 0.3) is 0 Å². The fourth-order valence-corrected chi connectivity index (χ4v) is 8.80. The molecule has 1 unspecified atom stereocenters. The zero-order chi connectivity index (χ0) is 59.2. The molecule has 0 saturated heterocycles. The summed E-state index contributed by atoms with van der Waals surface area (Å²) in [6, 6.07) is 0. The maximum atomic E-state index is 12.9. The Kier molecular flexibility index (Phi) is 64.4. The van der Waals surface area contributed by atoms with E-state index in [9.17, 15) is 14.4 Å². The predicted molar refractivity (Wildman–Crippen MR) is 357 cm³/mol. The average Bonchev–Trinajstić information content (AvgIpc) is 3.47. The largest absolute Gasteiger partial charge is 0.462 e. The minimum Gasteiger partial charge on any atom is -0.462 e. The van der Waals surface area contributed by atoms with Gasteiger partial charge in [-0.15, -0.1) is 0 Å². The van der Waals surface area contributed by atoms with E-state index in [0.29, 0.717) is 19.3 Å². The van der Waals surface area contributed by atoms with Crippen LogP contribution in [0.15, 0.2) is 158 Å². The van der Waals surface area contributed by atoms with Crippen molar-refractivity contribution in [3.8, 4) is 0 Å². The molecule has 6 nitrogen and oxygen atoms in total. The lowest BCUT2D eigenvalue weighted by atomic mass is 10.1. The highest BCUT2D eigenvalue weighted by Crippen LogP contribution is 2.14. The number of hydrogen-bond donors (Lipinski definition) is 0. The molecule has 0 amide bonds. The molecule has 0 N–H and O–H groups in total. The molecule has 0 aromatic carbocycles. The molecule has 0 fully saturated rings. The maximum Gasteiger partial charge on any atom is 0.306 e. The molecule has 0 aromatic rings. The van der Waals surface area contributed by atoms with E-state index in [4.69, 9.17) is 14.2 Å². The molecule has 0 aliphatic carbocycles. The number of unbranched alkanes of at least 4 members (excludes halogenated alkanes) is 22. The third kappa shape index (κ3) is 65.8. The zero-order valence-electron chi connectivity index (χ0n) is 52.9. The number of hydrogen-bond acceptors (Lipinski definition) is 6. The van der Waals surface area contributed by atoms with E-state index < -0.39 is 6.10 Å². The van der Waals surface area contributed by atoms with Crippen LogP contribution in [-0.2, 0) is 28.6 Å². The summed E-state index contributed by atoms with van der Waals surface area (Å²) < 4.78 is 16.9. The van der Waals surface area contributed by atoms with Gasteiger partial charge in [0.2, 0.25) is 0 Å². The molecule has 82 heavy (non-hydrogen) atoms. The van der Waals surface area contributed by atoms with E-state index in [1.807, 2.05) is 0 Å². The molecule has 0 saturated carbocycles. The Balaban J connectivity index is 4.40. The van der Waals surface area contributed by atoms with Gasteiger partial charge >= 0.3 is 17.9 Å². The quantitative estimate of drug-likeness (QED) is 0.0261. The van der Waals surface area contributed by atoms with Crippen LogP contribution in [0.1, 0.15) is 284 Å². The highest BCUT2D eigenvalue weighted by molar-refractivity contribution is 5.71. The summed E-state index contributed by atoms with van der Waals surface area (Å²) in [5, 5.41) is 0. The van der Waals surface area contributed by atoms with Crippen molar-refractivity contribution in [3.63, 3.8) is 0 Å². The van der Waals surface area contributed by atoms with E-state index >= 15 is 0 Å². The Hall–Kier alpha value is -4.97. The molecule has 0 aliphatic heterocycles. The number of rotatable bonds is 59. The standard InChI is InChI=1S/C76H122O6/c1-4-7-10-13-16-19-22-25-28-30-32-33-34-35-36-37-38-39-40-41-42-43-45-46-48-51-54-57-60-63-66-69-75(78)81-72-73(71-80-74(77)68-65-62-59-56-53-50-27-24-21-18-15-12-9-6-3)82-76(79)70-67-64-61-58-55-52-49-47-44-31-29-26-23-20-17-14-11-8-5-2/h7-8,10-11,16-17,19-20,24-29,32-33,35-36,38-39,41-42,44-47,73H,4-6,9,12-15,18,21-23,30-31,34,37,40,43,48-72H2,1-3H3/b10-7-,11-8-,19-16-,20-17-,27-24-,28-25-,29-26-,33-32-,36-35-,39-38-,42-41-,46-45-,47-44-. The van der Waals surface area contributed by atoms with Crippen molar-refractivity contribution in [2.75, 3.05) is 13.2 Å².